The molecule has 0 spiro atoms. The number of nitrogens with zero attached hydrogens (tertiary/aromatic N) is 2. The molecule has 1 aliphatic carbocycles. The zero-order valence-electron chi connectivity index (χ0n) is 17.5. The number of halogens is 2. The Labute approximate surface area is 206 Å². The Bertz CT molecular complexity index is 1280. The summed E-state index contributed by atoms with van der Waals surface area (Å²) >= 11 is 8.64. The van der Waals surface area contributed by atoms with Crippen molar-refractivity contribution in [1.82, 2.24) is 9.62 Å². The number of aryl methyl sites for hydroxylation is 1. The van der Waals surface area contributed by atoms with E-state index in [4.69, 9.17) is 11.6 Å². The Morgan fingerprint density at radius 3 is 2.59 bits per heavy atom. The summed E-state index contributed by atoms with van der Waals surface area (Å²) < 4.78 is 28.5. The van der Waals surface area contributed by atoms with Gasteiger partial charge < -0.3 is 4.90 Å². The first kappa shape index (κ1) is 23.0. The van der Waals surface area contributed by atoms with E-state index in [0.29, 0.717) is 23.6 Å². The van der Waals surface area contributed by atoms with Crippen molar-refractivity contribution in [3.63, 3.8) is 0 Å². The molecule has 1 aliphatic heterocycles. The Kier molecular flexibility index (Phi) is 6.46. The average molecular weight is 582 g/mol. The molecule has 0 fully saturated rings. The predicted octanol–water partition coefficient (Wildman–Crippen LogP) is 4.57. The van der Waals surface area contributed by atoms with Gasteiger partial charge in [-0.05, 0) is 72.3 Å². The van der Waals surface area contributed by atoms with Crippen molar-refractivity contribution in [2.45, 2.75) is 37.8 Å². The van der Waals surface area contributed by atoms with Gasteiger partial charge in [-0.3, -0.25) is 4.79 Å². The number of sulfonamides is 1. The minimum atomic E-state index is -3.95. The van der Waals surface area contributed by atoms with E-state index < -0.39 is 15.9 Å². The van der Waals surface area contributed by atoms with E-state index in [-0.39, 0.29) is 10.9 Å². The fourth-order valence-electron chi connectivity index (χ4n) is 3.73. The number of rotatable bonds is 5. The number of carbonyl (C=O) groups is 1. The topological polar surface area (TPSA) is 78.8 Å². The minimum absolute atomic E-state index is 0.0547. The molecule has 32 heavy (non-hydrogen) atoms. The standard InChI is InChI=1S/C23H21ClIN3O3S/c1-14-3-8-19(9-4-14)32(30,31)27-23(29)16-6-10-21-22(11-16)28(15(2)26-21)13-17-5-7-18(25)12-20(17)24/h3-10,12,22H,11,13H2,1-2H3,(H,27,29). The van der Waals surface area contributed by atoms with Gasteiger partial charge in [-0.15, -0.1) is 0 Å². The Hall–Kier alpha value is -2.17. The third-order valence-electron chi connectivity index (χ3n) is 5.50. The highest BCUT2D eigenvalue weighted by atomic mass is 127. The summed E-state index contributed by atoms with van der Waals surface area (Å²) in [5, 5.41) is 0.677. The smallest absolute Gasteiger partial charge is 0.264 e. The quantitative estimate of drug-likeness (QED) is 0.525. The molecule has 1 amide bonds. The van der Waals surface area contributed by atoms with Gasteiger partial charge in [0.05, 0.1) is 16.6 Å². The Balaban J connectivity index is 1.51. The summed E-state index contributed by atoms with van der Waals surface area (Å²) in [5.74, 6) is 0.205. The SMILES string of the molecule is CC1=NC2=CC=C(C(=O)NS(=O)(=O)c3ccc(C)cc3)CC2N1Cc1ccc(I)cc1Cl. The van der Waals surface area contributed by atoms with Crippen LogP contribution in [-0.2, 0) is 21.4 Å². The van der Waals surface area contributed by atoms with Crippen LogP contribution in [0.4, 0.5) is 0 Å². The van der Waals surface area contributed by atoms with Crippen molar-refractivity contribution in [2.24, 2.45) is 4.99 Å². The third kappa shape index (κ3) is 4.77. The number of nitrogens with one attached hydrogen (secondary N) is 1. The van der Waals surface area contributed by atoms with Crippen molar-refractivity contribution in [2.75, 3.05) is 0 Å². The van der Waals surface area contributed by atoms with Gasteiger partial charge in [-0.2, -0.15) is 0 Å². The van der Waals surface area contributed by atoms with Crippen LogP contribution in [0.25, 0.3) is 0 Å². The normalized spacial score (nSPS) is 17.9. The largest absolute Gasteiger partial charge is 0.347 e. The van der Waals surface area contributed by atoms with E-state index >= 15 is 0 Å². The van der Waals surface area contributed by atoms with E-state index in [2.05, 4.69) is 37.2 Å². The fraction of sp³-hybridized carbons (Fsp3) is 0.217. The first-order valence-corrected chi connectivity index (χ1v) is 12.9. The summed E-state index contributed by atoms with van der Waals surface area (Å²) in [6, 6.07) is 12.1. The van der Waals surface area contributed by atoms with Crippen LogP contribution in [-0.4, -0.2) is 31.1 Å². The van der Waals surface area contributed by atoms with Gasteiger partial charge in [-0.1, -0.05) is 41.4 Å². The summed E-state index contributed by atoms with van der Waals surface area (Å²) in [6.45, 7) is 4.33. The van der Waals surface area contributed by atoms with E-state index in [0.717, 1.165) is 26.2 Å². The molecule has 1 unspecified atom stereocenters. The number of allylic oxidation sites excluding steroid dienone is 2. The molecule has 2 aromatic rings. The van der Waals surface area contributed by atoms with Crippen molar-refractivity contribution in [1.29, 1.82) is 0 Å². The van der Waals surface area contributed by atoms with Gasteiger partial charge in [0.25, 0.3) is 15.9 Å². The molecule has 0 saturated carbocycles. The van der Waals surface area contributed by atoms with Crippen LogP contribution in [0, 0.1) is 10.5 Å². The van der Waals surface area contributed by atoms with Crippen LogP contribution in [0.1, 0.15) is 24.5 Å². The molecular weight excluding hydrogens is 561 g/mol. The Morgan fingerprint density at radius 2 is 1.91 bits per heavy atom. The minimum Gasteiger partial charge on any atom is -0.347 e. The first-order valence-electron chi connectivity index (χ1n) is 9.94. The van der Waals surface area contributed by atoms with Crippen molar-refractivity contribution >= 4 is 56.0 Å². The molecule has 2 aliphatic rings. The summed E-state index contributed by atoms with van der Waals surface area (Å²) in [4.78, 5) is 19.6. The lowest BCUT2D eigenvalue weighted by atomic mass is 9.96. The molecule has 1 N–H and O–H groups in total. The zero-order chi connectivity index (χ0) is 23.0. The van der Waals surface area contributed by atoms with Crippen LogP contribution in [0.15, 0.2) is 75.8 Å². The van der Waals surface area contributed by atoms with Crippen molar-refractivity contribution in [3.8, 4) is 0 Å². The lowest BCUT2D eigenvalue weighted by Crippen LogP contribution is -2.38. The molecule has 6 nitrogen and oxygen atoms in total. The predicted molar refractivity (Wildman–Crippen MR) is 134 cm³/mol. The number of benzene rings is 2. The number of amides is 1. The maximum atomic E-state index is 12.8. The lowest BCUT2D eigenvalue weighted by Gasteiger charge is -2.29. The van der Waals surface area contributed by atoms with Crippen LogP contribution in [0.2, 0.25) is 5.02 Å². The highest BCUT2D eigenvalue weighted by molar-refractivity contribution is 14.1. The highest BCUT2D eigenvalue weighted by Crippen LogP contribution is 2.33. The van der Waals surface area contributed by atoms with E-state index in [1.165, 1.54) is 12.1 Å². The second-order valence-corrected chi connectivity index (χ2v) is 11.1. The number of fused-ring (bicyclic) bond motifs is 1. The second kappa shape index (κ2) is 8.99. The third-order valence-corrected chi connectivity index (χ3v) is 7.87. The van der Waals surface area contributed by atoms with Gasteiger partial charge >= 0.3 is 0 Å². The highest BCUT2D eigenvalue weighted by Gasteiger charge is 2.34. The van der Waals surface area contributed by atoms with Crippen LogP contribution in [0.3, 0.4) is 0 Å². The number of hydrogen-bond donors (Lipinski definition) is 1. The van der Waals surface area contributed by atoms with Gasteiger partial charge in [0.15, 0.2) is 0 Å². The molecule has 0 saturated heterocycles. The molecule has 1 heterocycles. The number of carbonyl (C=O) groups excluding carboxylic acids is 1. The molecule has 4 rings (SSSR count). The van der Waals surface area contributed by atoms with Crippen LogP contribution in [0.5, 0.6) is 0 Å². The van der Waals surface area contributed by atoms with Crippen LogP contribution < -0.4 is 4.72 Å². The summed E-state index contributed by atoms with van der Waals surface area (Å²) in [5.41, 5.74) is 3.14. The second-order valence-electron chi connectivity index (χ2n) is 7.77. The first-order chi connectivity index (χ1) is 15.1. The monoisotopic (exact) mass is 581 g/mol. The maximum Gasteiger partial charge on any atom is 0.264 e. The summed E-state index contributed by atoms with van der Waals surface area (Å²) in [6.07, 6.45) is 3.77. The van der Waals surface area contributed by atoms with Gasteiger partial charge in [0.1, 0.15) is 5.84 Å². The molecule has 0 aromatic heterocycles. The average Bonchev–Trinajstić information content (AvgIpc) is 3.04. The van der Waals surface area contributed by atoms with E-state index in [9.17, 15) is 13.2 Å². The summed E-state index contributed by atoms with van der Waals surface area (Å²) in [7, 11) is -3.95. The Morgan fingerprint density at radius 1 is 1.19 bits per heavy atom. The number of aliphatic imine (C=N–C) groups is 1. The molecular formula is C23H21ClIN3O3S. The number of amidine groups is 1. The molecule has 9 heteroatoms. The molecule has 0 bridgehead atoms. The van der Waals surface area contributed by atoms with Crippen molar-refractivity contribution < 1.29 is 13.2 Å². The van der Waals surface area contributed by atoms with Gasteiger partial charge in [0.2, 0.25) is 0 Å². The van der Waals surface area contributed by atoms with E-state index in [1.54, 1.807) is 24.3 Å². The van der Waals surface area contributed by atoms with Gasteiger partial charge in [-0.25, -0.2) is 18.1 Å². The zero-order valence-corrected chi connectivity index (χ0v) is 21.2. The van der Waals surface area contributed by atoms with E-state index in [1.807, 2.05) is 32.0 Å². The number of hydrogen-bond acceptors (Lipinski definition) is 5. The van der Waals surface area contributed by atoms with Gasteiger partial charge in [0, 0.05) is 27.1 Å². The molecule has 1 atom stereocenters. The molecule has 2 aromatic carbocycles. The molecule has 166 valence electrons. The fourth-order valence-corrected chi connectivity index (χ4v) is 5.63. The van der Waals surface area contributed by atoms with Crippen molar-refractivity contribution in [3.05, 3.63) is 85.6 Å². The van der Waals surface area contributed by atoms with Crippen LogP contribution >= 0.6 is 34.2 Å². The molecule has 0 radical (unpaired) electrons. The maximum absolute atomic E-state index is 12.8. The lowest BCUT2D eigenvalue weighted by molar-refractivity contribution is -0.116.